The van der Waals surface area contributed by atoms with Gasteiger partial charge >= 0.3 is 0 Å². The number of hydrogen-bond acceptors (Lipinski definition) is 5. The summed E-state index contributed by atoms with van der Waals surface area (Å²) < 4.78 is 5.14. The molecule has 0 saturated carbocycles. The second-order valence-electron chi connectivity index (χ2n) is 7.28. The second-order valence-corrected chi connectivity index (χ2v) is 8.33. The van der Waals surface area contributed by atoms with Crippen LogP contribution in [-0.2, 0) is 0 Å². The van der Waals surface area contributed by atoms with E-state index in [2.05, 4.69) is 24.2 Å². The van der Waals surface area contributed by atoms with Crippen LogP contribution in [0.2, 0.25) is 0 Å². The molecule has 3 aromatic rings. The molecule has 1 N–H and O–H groups in total. The van der Waals surface area contributed by atoms with Gasteiger partial charge < -0.3 is 19.5 Å². The van der Waals surface area contributed by atoms with Gasteiger partial charge in [0.25, 0.3) is 11.8 Å². The molecule has 2 amide bonds. The summed E-state index contributed by atoms with van der Waals surface area (Å²) in [6, 6.07) is 13.2. The number of thiophene rings is 1. The minimum absolute atomic E-state index is 0.0405. The van der Waals surface area contributed by atoms with Crippen molar-refractivity contribution in [2.75, 3.05) is 28.7 Å². The van der Waals surface area contributed by atoms with E-state index in [9.17, 15) is 9.59 Å². The Hall–Kier alpha value is -3.06. The highest BCUT2D eigenvalue weighted by Gasteiger charge is 2.31. The predicted octanol–water partition coefficient (Wildman–Crippen LogP) is 4.78. The second kappa shape index (κ2) is 7.75. The first-order valence-corrected chi connectivity index (χ1v) is 10.4. The van der Waals surface area contributed by atoms with E-state index in [1.54, 1.807) is 12.1 Å². The number of nitrogens with zero attached hydrogens (tertiary/aromatic N) is 2. The quantitative estimate of drug-likeness (QED) is 0.676. The number of aryl methyl sites for hydroxylation is 1. The van der Waals surface area contributed by atoms with E-state index in [0.717, 1.165) is 29.9 Å². The molecular formula is C22H23N3O3S. The number of carbonyl (C=O) groups is 2. The van der Waals surface area contributed by atoms with E-state index < -0.39 is 0 Å². The molecule has 3 heterocycles. The van der Waals surface area contributed by atoms with Gasteiger partial charge in [-0.3, -0.25) is 9.59 Å². The molecule has 6 nitrogen and oxygen atoms in total. The first-order valence-electron chi connectivity index (χ1n) is 9.54. The van der Waals surface area contributed by atoms with Crippen molar-refractivity contribution < 1.29 is 14.0 Å². The molecule has 7 heteroatoms. The molecule has 1 atom stereocenters. The van der Waals surface area contributed by atoms with Crippen LogP contribution in [0, 0.1) is 6.92 Å². The maximum atomic E-state index is 13.6. The van der Waals surface area contributed by atoms with E-state index >= 15 is 0 Å². The lowest BCUT2D eigenvalue weighted by atomic mass is 10.1. The van der Waals surface area contributed by atoms with E-state index in [1.165, 1.54) is 17.6 Å². The van der Waals surface area contributed by atoms with Crippen molar-refractivity contribution in [2.45, 2.75) is 26.3 Å². The molecule has 0 bridgehead atoms. The van der Waals surface area contributed by atoms with Gasteiger partial charge in [-0.1, -0.05) is 12.1 Å². The summed E-state index contributed by atoms with van der Waals surface area (Å²) in [7, 11) is 2.05. The number of fused-ring (bicyclic) bond motifs is 1. The third-order valence-electron chi connectivity index (χ3n) is 5.19. The van der Waals surface area contributed by atoms with Crippen molar-refractivity contribution in [3.05, 3.63) is 64.9 Å². The Kier molecular flexibility index (Phi) is 5.15. The molecule has 0 spiro atoms. The van der Waals surface area contributed by atoms with E-state index in [4.69, 9.17) is 4.42 Å². The number of nitrogens with one attached hydrogen (secondary N) is 1. The number of carbonyl (C=O) groups excluding carboxylic acids is 2. The Balaban J connectivity index is 1.65. The summed E-state index contributed by atoms with van der Waals surface area (Å²) in [6.45, 7) is 4.86. The number of amides is 2. The maximum absolute atomic E-state index is 13.6. The van der Waals surface area contributed by atoms with E-state index in [-0.39, 0.29) is 23.6 Å². The maximum Gasteiger partial charge on any atom is 0.291 e. The molecule has 2 aromatic heterocycles. The zero-order valence-electron chi connectivity index (χ0n) is 16.6. The number of para-hydroxylation sites is 2. The minimum Gasteiger partial charge on any atom is -0.459 e. The van der Waals surface area contributed by atoms with Gasteiger partial charge in [0.15, 0.2) is 5.76 Å². The van der Waals surface area contributed by atoms with Crippen LogP contribution in [0.25, 0.3) is 0 Å². The first-order chi connectivity index (χ1) is 14.0. The van der Waals surface area contributed by atoms with Gasteiger partial charge in [-0.05, 0) is 56.2 Å². The Morgan fingerprint density at radius 2 is 1.93 bits per heavy atom. The highest BCUT2D eigenvalue weighted by atomic mass is 32.1. The van der Waals surface area contributed by atoms with Crippen molar-refractivity contribution in [1.29, 1.82) is 0 Å². The molecule has 29 heavy (non-hydrogen) atoms. The summed E-state index contributed by atoms with van der Waals surface area (Å²) in [5.74, 6) is -0.131. The Morgan fingerprint density at radius 3 is 2.66 bits per heavy atom. The van der Waals surface area contributed by atoms with Crippen LogP contribution >= 0.6 is 11.3 Å². The average molecular weight is 410 g/mol. The monoisotopic (exact) mass is 409 g/mol. The molecule has 0 saturated heterocycles. The minimum atomic E-state index is -0.328. The fraction of sp³-hybridized carbons (Fsp3) is 0.273. The molecule has 150 valence electrons. The molecule has 1 aromatic carbocycles. The van der Waals surface area contributed by atoms with E-state index in [1.807, 2.05) is 42.2 Å². The molecule has 0 radical (unpaired) electrons. The van der Waals surface area contributed by atoms with Crippen molar-refractivity contribution in [1.82, 2.24) is 0 Å². The van der Waals surface area contributed by atoms with Gasteiger partial charge in [0.2, 0.25) is 0 Å². The summed E-state index contributed by atoms with van der Waals surface area (Å²) in [6.07, 6.45) is 2.34. The Labute approximate surface area is 173 Å². The Morgan fingerprint density at radius 1 is 1.17 bits per heavy atom. The lowest BCUT2D eigenvalue weighted by Crippen LogP contribution is -2.38. The smallest absolute Gasteiger partial charge is 0.291 e. The largest absolute Gasteiger partial charge is 0.459 e. The summed E-state index contributed by atoms with van der Waals surface area (Å²) in [4.78, 5) is 30.5. The van der Waals surface area contributed by atoms with Crippen molar-refractivity contribution in [3.8, 4) is 0 Å². The van der Waals surface area contributed by atoms with Crippen molar-refractivity contribution in [3.63, 3.8) is 0 Å². The van der Waals surface area contributed by atoms with Gasteiger partial charge in [0.05, 0.1) is 27.5 Å². The summed E-state index contributed by atoms with van der Waals surface area (Å²) in [5.41, 5.74) is 2.81. The van der Waals surface area contributed by atoms with Crippen molar-refractivity contribution in [2.24, 2.45) is 0 Å². The van der Waals surface area contributed by atoms with Crippen LogP contribution in [0.4, 0.5) is 16.4 Å². The van der Waals surface area contributed by atoms with Gasteiger partial charge in [-0.2, -0.15) is 0 Å². The topological polar surface area (TPSA) is 65.8 Å². The lowest BCUT2D eigenvalue weighted by Gasteiger charge is -2.28. The van der Waals surface area contributed by atoms with Crippen LogP contribution in [0.15, 0.2) is 53.1 Å². The zero-order valence-corrected chi connectivity index (χ0v) is 17.5. The SMILES string of the molecule is Cc1cc(NC(=O)c2ccco2)sc1C(=O)N1c2ccccc2N(C)CCC1C. The van der Waals surface area contributed by atoms with Gasteiger partial charge in [-0.15, -0.1) is 11.3 Å². The fourth-order valence-corrected chi connectivity index (χ4v) is 4.62. The molecule has 4 rings (SSSR count). The van der Waals surface area contributed by atoms with Crippen LogP contribution in [0.1, 0.15) is 39.1 Å². The first kappa shape index (κ1) is 19.3. The highest BCUT2D eigenvalue weighted by molar-refractivity contribution is 7.18. The highest BCUT2D eigenvalue weighted by Crippen LogP contribution is 2.37. The number of rotatable bonds is 3. The summed E-state index contributed by atoms with van der Waals surface area (Å²) in [5, 5.41) is 3.45. The number of hydrogen-bond donors (Lipinski definition) is 1. The van der Waals surface area contributed by atoms with Gasteiger partial charge in [-0.25, -0.2) is 0 Å². The number of benzene rings is 1. The molecular weight excluding hydrogens is 386 g/mol. The zero-order chi connectivity index (χ0) is 20.5. The molecule has 1 aliphatic rings. The fourth-order valence-electron chi connectivity index (χ4n) is 3.61. The molecule has 0 fully saturated rings. The average Bonchev–Trinajstić information content (AvgIpc) is 3.34. The van der Waals surface area contributed by atoms with Crippen LogP contribution in [0.5, 0.6) is 0 Å². The van der Waals surface area contributed by atoms with Gasteiger partial charge in [0, 0.05) is 19.6 Å². The van der Waals surface area contributed by atoms with Crippen LogP contribution in [0.3, 0.4) is 0 Å². The third-order valence-corrected chi connectivity index (χ3v) is 6.33. The third kappa shape index (κ3) is 3.65. The van der Waals surface area contributed by atoms with E-state index in [0.29, 0.717) is 9.88 Å². The molecule has 1 aliphatic heterocycles. The van der Waals surface area contributed by atoms with Crippen molar-refractivity contribution >= 4 is 39.5 Å². The molecule has 1 unspecified atom stereocenters. The summed E-state index contributed by atoms with van der Waals surface area (Å²) >= 11 is 1.29. The molecule has 0 aliphatic carbocycles. The van der Waals surface area contributed by atoms with Crippen LogP contribution in [-0.4, -0.2) is 31.4 Å². The number of anilines is 3. The Bertz CT molecular complexity index is 1040. The predicted molar refractivity (Wildman–Crippen MR) is 116 cm³/mol. The normalized spacial score (nSPS) is 16.3. The standard InChI is InChI=1S/C22H23N3O3S/c1-14-13-19(23-21(26)18-9-6-12-28-18)29-20(14)22(27)25-15(2)10-11-24(3)16-7-4-5-8-17(16)25/h4-9,12-13,15H,10-11H2,1-3H3,(H,23,26). The van der Waals surface area contributed by atoms with Crippen LogP contribution < -0.4 is 15.1 Å². The number of furan rings is 1. The van der Waals surface area contributed by atoms with Gasteiger partial charge in [0.1, 0.15) is 0 Å². The lowest BCUT2D eigenvalue weighted by molar-refractivity contribution is 0.0978.